The van der Waals surface area contributed by atoms with Crippen LogP contribution in [0, 0.1) is 17.1 Å². The lowest BCUT2D eigenvalue weighted by molar-refractivity contribution is 0.0964. The summed E-state index contributed by atoms with van der Waals surface area (Å²) in [6.45, 7) is 0. The number of hydrogen-bond acceptors (Lipinski definition) is 8. The van der Waals surface area contributed by atoms with E-state index in [0.29, 0.717) is 34.1 Å². The lowest BCUT2D eigenvalue weighted by Crippen LogP contribution is -2.28. The van der Waals surface area contributed by atoms with Gasteiger partial charge in [0.05, 0.1) is 40.9 Å². The summed E-state index contributed by atoms with van der Waals surface area (Å²) in [7, 11) is 0.550. The molecule has 0 spiro atoms. The third kappa shape index (κ3) is 5.08. The Hall–Kier alpha value is -5.48. The predicted molar refractivity (Wildman–Crippen MR) is 168 cm³/mol. The second-order valence-electron chi connectivity index (χ2n) is 10.7. The van der Waals surface area contributed by atoms with Crippen molar-refractivity contribution in [1.82, 2.24) is 15.1 Å². The summed E-state index contributed by atoms with van der Waals surface area (Å²) in [5, 5.41) is 20.4. The van der Waals surface area contributed by atoms with Crippen molar-refractivity contribution in [3.05, 3.63) is 99.1 Å². The number of aromatic nitrogens is 2. The van der Waals surface area contributed by atoms with Gasteiger partial charge in [0.15, 0.2) is 0 Å². The molecule has 3 aromatic carbocycles. The second kappa shape index (κ2) is 10.9. The molecule has 1 atom stereocenters. The van der Waals surface area contributed by atoms with Crippen LogP contribution in [0.5, 0.6) is 0 Å². The summed E-state index contributed by atoms with van der Waals surface area (Å²) in [5.74, 6) is -0.765. The van der Waals surface area contributed by atoms with E-state index in [1.807, 2.05) is 6.07 Å². The molecular formula is C32H27FN6O5S. The number of amides is 1. The maximum Gasteiger partial charge on any atom is 0.271 e. The molecule has 3 heterocycles. The van der Waals surface area contributed by atoms with Gasteiger partial charge in [-0.1, -0.05) is 6.07 Å². The van der Waals surface area contributed by atoms with Crippen molar-refractivity contribution in [3.8, 4) is 28.7 Å². The summed E-state index contributed by atoms with van der Waals surface area (Å²) in [6, 6.07) is 17.2. The molecule has 0 saturated carbocycles. The number of benzene rings is 3. The molecule has 0 aliphatic carbocycles. The minimum atomic E-state index is -3.79. The van der Waals surface area contributed by atoms with Crippen LogP contribution in [0.4, 0.5) is 15.8 Å². The summed E-state index contributed by atoms with van der Waals surface area (Å²) < 4.78 is 47.7. The topological polar surface area (TPSA) is 150 Å². The number of fused-ring (bicyclic) bond motifs is 2. The minimum Gasteiger partial charge on any atom is -0.455 e. The van der Waals surface area contributed by atoms with Crippen LogP contribution in [0.2, 0.25) is 0 Å². The number of nitrogens with zero attached hydrogens (tertiary/aromatic N) is 4. The molecule has 13 heteroatoms. The van der Waals surface area contributed by atoms with E-state index < -0.39 is 27.8 Å². The molecule has 1 aliphatic rings. The minimum absolute atomic E-state index is 0.163. The van der Waals surface area contributed by atoms with Crippen molar-refractivity contribution in [2.24, 2.45) is 7.05 Å². The average molecular weight is 627 g/mol. The Morgan fingerprint density at radius 1 is 1.20 bits per heavy atom. The number of nitriles is 1. The van der Waals surface area contributed by atoms with Gasteiger partial charge in [0.25, 0.3) is 11.5 Å². The van der Waals surface area contributed by atoms with Gasteiger partial charge < -0.3 is 15.1 Å². The molecule has 5 aromatic rings. The first-order valence-corrected chi connectivity index (χ1v) is 15.7. The third-order valence-corrected chi connectivity index (χ3v) is 9.17. The van der Waals surface area contributed by atoms with Crippen LogP contribution in [0.25, 0.3) is 33.6 Å². The van der Waals surface area contributed by atoms with Gasteiger partial charge in [-0.05, 0) is 54.1 Å². The van der Waals surface area contributed by atoms with Crippen LogP contribution in [0.3, 0.4) is 0 Å². The van der Waals surface area contributed by atoms with Crippen molar-refractivity contribution in [1.29, 1.82) is 5.26 Å². The van der Waals surface area contributed by atoms with E-state index in [1.165, 1.54) is 56.2 Å². The van der Waals surface area contributed by atoms with E-state index in [-0.39, 0.29) is 33.8 Å². The van der Waals surface area contributed by atoms with Crippen molar-refractivity contribution >= 4 is 38.3 Å². The predicted octanol–water partition coefficient (Wildman–Crippen LogP) is 4.34. The van der Waals surface area contributed by atoms with Gasteiger partial charge >= 0.3 is 0 Å². The molecule has 45 heavy (non-hydrogen) atoms. The Balaban J connectivity index is 1.60. The fourth-order valence-electron chi connectivity index (χ4n) is 5.62. The number of carbonyl (C=O) groups is 1. The Bertz CT molecular complexity index is 2240. The van der Waals surface area contributed by atoms with Gasteiger partial charge in [-0.3, -0.25) is 13.9 Å². The first-order chi connectivity index (χ1) is 21.4. The van der Waals surface area contributed by atoms with E-state index in [1.54, 1.807) is 24.3 Å². The normalized spacial score (nSPS) is 14.1. The van der Waals surface area contributed by atoms with Crippen LogP contribution >= 0.6 is 0 Å². The van der Waals surface area contributed by atoms with Gasteiger partial charge in [-0.15, -0.1) is 0 Å². The number of carbonyl (C=O) groups excluding carboxylic acids is 1. The highest BCUT2D eigenvalue weighted by atomic mass is 32.2. The number of hydrogen-bond donors (Lipinski definition) is 2. The standard InChI is InChI=1S/C32H27FN6O5S/c1-35-31(40)29-23-12-21(27(39(3)45(4,42)43)15-28(23)44-30(29)17-8-10-19(33)11-9-17)26-14-22(32(41)38(2)37-26)25-13-20-18(16-34)6-5-7-24(20)36-25/h5-12,14-15,25,36H,13H2,1-4H3,(H,35,40). The number of nitrogens with one attached hydrogen (secondary N) is 2. The summed E-state index contributed by atoms with van der Waals surface area (Å²) in [5.41, 5.74) is 3.65. The van der Waals surface area contributed by atoms with E-state index in [0.717, 1.165) is 21.8 Å². The number of sulfonamides is 1. The summed E-state index contributed by atoms with van der Waals surface area (Å²) in [4.78, 5) is 26.6. The quantitative estimate of drug-likeness (QED) is 0.283. The molecule has 0 saturated heterocycles. The lowest BCUT2D eigenvalue weighted by atomic mass is 9.98. The highest BCUT2D eigenvalue weighted by molar-refractivity contribution is 7.92. The third-order valence-electron chi connectivity index (χ3n) is 7.98. The lowest BCUT2D eigenvalue weighted by Gasteiger charge is -2.21. The zero-order chi connectivity index (χ0) is 32.2. The average Bonchev–Trinajstić information content (AvgIpc) is 3.62. The molecule has 1 unspecified atom stereocenters. The Morgan fingerprint density at radius 3 is 2.60 bits per heavy atom. The second-order valence-corrected chi connectivity index (χ2v) is 12.8. The SMILES string of the molecule is CNC(=O)c1c(-c2ccc(F)cc2)oc2cc(N(C)S(C)(=O)=O)c(-c3cc(C4Cc5c(C#N)cccc5N4)c(=O)n(C)n3)cc12. The summed E-state index contributed by atoms with van der Waals surface area (Å²) >= 11 is 0. The molecule has 1 amide bonds. The van der Waals surface area contributed by atoms with E-state index >= 15 is 0 Å². The van der Waals surface area contributed by atoms with Crippen molar-refractivity contribution in [3.63, 3.8) is 0 Å². The van der Waals surface area contributed by atoms with Gasteiger partial charge in [0.2, 0.25) is 10.0 Å². The van der Waals surface area contributed by atoms with Crippen LogP contribution in [-0.4, -0.2) is 44.5 Å². The number of aryl methyl sites for hydroxylation is 1. The van der Waals surface area contributed by atoms with Crippen LogP contribution in [0.15, 0.2) is 69.9 Å². The maximum atomic E-state index is 13.7. The molecule has 0 fully saturated rings. The number of rotatable bonds is 6. The highest BCUT2D eigenvalue weighted by Crippen LogP contribution is 2.42. The van der Waals surface area contributed by atoms with Gasteiger partial charge in [-0.25, -0.2) is 17.5 Å². The molecule has 11 nitrogen and oxygen atoms in total. The number of furan rings is 1. The molecule has 228 valence electrons. The van der Waals surface area contributed by atoms with Gasteiger partial charge in [-0.2, -0.15) is 10.4 Å². The fourth-order valence-corrected chi connectivity index (χ4v) is 6.13. The van der Waals surface area contributed by atoms with E-state index in [2.05, 4.69) is 21.8 Å². The Kier molecular flexibility index (Phi) is 7.17. The monoisotopic (exact) mass is 626 g/mol. The molecule has 0 bridgehead atoms. The van der Waals surface area contributed by atoms with Crippen molar-refractivity contribution in [2.45, 2.75) is 12.5 Å². The largest absolute Gasteiger partial charge is 0.455 e. The molecule has 2 aromatic heterocycles. The van der Waals surface area contributed by atoms with Crippen molar-refractivity contribution in [2.75, 3.05) is 30.0 Å². The first-order valence-electron chi connectivity index (χ1n) is 13.8. The van der Waals surface area contributed by atoms with E-state index in [9.17, 15) is 27.7 Å². The molecule has 2 N–H and O–H groups in total. The number of anilines is 2. The van der Waals surface area contributed by atoms with Gasteiger partial charge in [0, 0.05) is 61.4 Å². The number of halogens is 1. The van der Waals surface area contributed by atoms with Crippen LogP contribution < -0.4 is 20.5 Å². The zero-order valence-electron chi connectivity index (χ0n) is 24.7. The summed E-state index contributed by atoms with van der Waals surface area (Å²) in [6.07, 6.45) is 1.44. The fraction of sp³-hybridized carbons (Fsp3) is 0.188. The molecule has 6 rings (SSSR count). The maximum absolute atomic E-state index is 13.7. The van der Waals surface area contributed by atoms with Crippen molar-refractivity contribution < 1.29 is 22.0 Å². The van der Waals surface area contributed by atoms with E-state index in [4.69, 9.17) is 4.42 Å². The Labute approximate surface area is 257 Å². The first kappa shape index (κ1) is 29.6. The molecule has 0 radical (unpaired) electrons. The zero-order valence-corrected chi connectivity index (χ0v) is 25.5. The molecular weight excluding hydrogens is 599 g/mol. The molecule has 1 aliphatic heterocycles. The Morgan fingerprint density at radius 2 is 1.93 bits per heavy atom. The smallest absolute Gasteiger partial charge is 0.271 e. The highest BCUT2D eigenvalue weighted by Gasteiger charge is 2.30. The van der Waals surface area contributed by atoms with Crippen LogP contribution in [0.1, 0.15) is 33.1 Å². The van der Waals surface area contributed by atoms with Crippen LogP contribution in [-0.2, 0) is 23.5 Å². The van der Waals surface area contributed by atoms with Gasteiger partial charge in [0.1, 0.15) is 17.2 Å².